The van der Waals surface area contributed by atoms with E-state index in [1.807, 2.05) is 61.0 Å². The number of ether oxygens (including phenoxy) is 1. The molecule has 0 saturated heterocycles. The number of benzene rings is 2. The van der Waals surface area contributed by atoms with E-state index >= 15 is 0 Å². The van der Waals surface area contributed by atoms with Crippen LogP contribution in [0.3, 0.4) is 0 Å². The highest BCUT2D eigenvalue weighted by Crippen LogP contribution is 2.43. The average Bonchev–Trinajstić information content (AvgIpc) is 2.97. The highest BCUT2D eigenvalue weighted by atomic mass is 32.2. The number of fused-ring (bicyclic) bond motifs is 1. The van der Waals surface area contributed by atoms with E-state index in [0.29, 0.717) is 39.9 Å². The molecule has 0 radical (unpaired) electrons. The first kappa shape index (κ1) is 25.7. The van der Waals surface area contributed by atoms with E-state index in [1.54, 1.807) is 36.9 Å². The van der Waals surface area contributed by atoms with Gasteiger partial charge in [-0.05, 0) is 56.1 Å². The Morgan fingerprint density at radius 1 is 1.17 bits per heavy atom. The van der Waals surface area contributed by atoms with Gasteiger partial charge >= 0.3 is 5.97 Å². The normalized spacial score (nSPS) is 13.3. The molecule has 0 saturated carbocycles. The Hall–Kier alpha value is -3.42. The summed E-state index contributed by atoms with van der Waals surface area (Å²) < 4.78 is 7.54. The number of phenols is 2. The number of rotatable bonds is 8. The first-order chi connectivity index (χ1) is 17.3. The lowest BCUT2D eigenvalue weighted by atomic mass is 9.95. The van der Waals surface area contributed by atoms with Crippen LogP contribution in [0, 0.1) is 0 Å². The summed E-state index contributed by atoms with van der Waals surface area (Å²) in [5, 5.41) is 22.3. The third kappa shape index (κ3) is 5.22. The summed E-state index contributed by atoms with van der Waals surface area (Å²) in [5.41, 5.74) is 4.14. The van der Waals surface area contributed by atoms with Crippen LogP contribution in [0.2, 0.25) is 0 Å². The van der Waals surface area contributed by atoms with Crippen molar-refractivity contribution >= 4 is 28.6 Å². The minimum atomic E-state index is -0.391. The maximum atomic E-state index is 13.3. The fraction of sp³-hybridized carbons (Fsp3) is 0.276. The summed E-state index contributed by atoms with van der Waals surface area (Å²) in [7, 11) is 5.80. The second-order valence-electron chi connectivity index (χ2n) is 8.97. The predicted octanol–water partition coefficient (Wildman–Crippen LogP) is 6.13. The van der Waals surface area contributed by atoms with Crippen molar-refractivity contribution in [3.63, 3.8) is 0 Å². The lowest BCUT2D eigenvalue weighted by molar-refractivity contribution is 0.0527. The van der Waals surface area contributed by atoms with Crippen molar-refractivity contribution in [2.75, 3.05) is 20.7 Å². The predicted molar refractivity (Wildman–Crippen MR) is 147 cm³/mol. The molecular weight excluding hydrogens is 472 g/mol. The fourth-order valence-electron chi connectivity index (χ4n) is 4.50. The highest BCUT2D eigenvalue weighted by molar-refractivity contribution is 8.02. The number of nitrogens with zero attached hydrogens (tertiary/aromatic N) is 2. The molecule has 0 atom stereocenters. The Balaban J connectivity index is 1.96. The Morgan fingerprint density at radius 3 is 2.69 bits per heavy atom. The Kier molecular flexibility index (Phi) is 7.91. The number of allylic oxidation sites excluding steroid dienone is 6. The van der Waals surface area contributed by atoms with Crippen molar-refractivity contribution in [1.82, 2.24) is 9.47 Å². The fourth-order valence-corrected chi connectivity index (χ4v) is 5.54. The van der Waals surface area contributed by atoms with Crippen molar-refractivity contribution in [2.45, 2.75) is 25.6 Å². The van der Waals surface area contributed by atoms with Gasteiger partial charge in [-0.3, -0.25) is 0 Å². The van der Waals surface area contributed by atoms with Crippen molar-refractivity contribution < 1.29 is 19.7 Å². The molecule has 1 heterocycles. The molecule has 2 N–H and O–H groups in total. The first-order valence-corrected chi connectivity index (χ1v) is 12.9. The van der Waals surface area contributed by atoms with Gasteiger partial charge in [0.05, 0.1) is 17.7 Å². The van der Waals surface area contributed by atoms with E-state index in [9.17, 15) is 15.0 Å². The smallest absolute Gasteiger partial charge is 0.340 e. The minimum absolute atomic E-state index is 0.0962. The number of phenolic OH excluding ortho intramolecular Hbond substituents is 2. The van der Waals surface area contributed by atoms with Gasteiger partial charge in [-0.25, -0.2) is 4.79 Å². The molecule has 0 spiro atoms. The van der Waals surface area contributed by atoms with Crippen LogP contribution in [-0.4, -0.2) is 46.4 Å². The molecule has 188 valence electrons. The van der Waals surface area contributed by atoms with Crippen LogP contribution in [0.15, 0.2) is 65.6 Å². The summed E-state index contributed by atoms with van der Waals surface area (Å²) in [5.74, 6) is 0.407. The lowest BCUT2D eigenvalue weighted by Gasteiger charge is -2.17. The number of carbonyl (C=O) groups excluding carboxylic acids is 1. The summed E-state index contributed by atoms with van der Waals surface area (Å²) >= 11 is 1.69. The third-order valence-electron chi connectivity index (χ3n) is 6.15. The van der Waals surface area contributed by atoms with Gasteiger partial charge in [0.1, 0.15) is 11.5 Å². The van der Waals surface area contributed by atoms with Crippen LogP contribution >= 0.6 is 11.8 Å². The van der Waals surface area contributed by atoms with E-state index in [4.69, 9.17) is 4.74 Å². The van der Waals surface area contributed by atoms with E-state index < -0.39 is 5.97 Å². The van der Waals surface area contributed by atoms with Crippen LogP contribution in [0.5, 0.6) is 11.5 Å². The molecule has 0 bridgehead atoms. The molecule has 0 fully saturated rings. The quantitative estimate of drug-likeness (QED) is 0.360. The van der Waals surface area contributed by atoms with Crippen molar-refractivity contribution in [2.24, 2.45) is 7.05 Å². The molecular formula is C29H32N2O4S. The summed E-state index contributed by atoms with van der Waals surface area (Å²) in [4.78, 5) is 16.5. The monoisotopic (exact) mass is 504 g/mol. The van der Waals surface area contributed by atoms with Crippen molar-refractivity contribution in [3.8, 4) is 22.6 Å². The van der Waals surface area contributed by atoms with E-state index in [-0.39, 0.29) is 18.1 Å². The van der Waals surface area contributed by atoms with Gasteiger partial charge in [0, 0.05) is 41.6 Å². The number of hydrogen-bond acceptors (Lipinski definition) is 6. The zero-order chi connectivity index (χ0) is 25.8. The molecule has 4 rings (SSSR count). The van der Waals surface area contributed by atoms with E-state index in [1.165, 1.54) is 4.91 Å². The number of aromatic hydroxyl groups is 2. The zero-order valence-corrected chi connectivity index (χ0v) is 21.9. The van der Waals surface area contributed by atoms with Gasteiger partial charge < -0.3 is 24.4 Å². The number of carbonyl (C=O) groups is 1. The molecule has 0 unspecified atom stereocenters. The summed E-state index contributed by atoms with van der Waals surface area (Å²) in [6.07, 6.45) is 11.1. The summed E-state index contributed by atoms with van der Waals surface area (Å²) in [6.45, 7) is 2.49. The number of esters is 1. The van der Waals surface area contributed by atoms with Crippen LogP contribution in [0.4, 0.5) is 0 Å². The average molecular weight is 505 g/mol. The zero-order valence-electron chi connectivity index (χ0n) is 21.1. The number of thioether (sulfide) groups is 1. The number of aryl methyl sites for hydroxylation is 1. The molecule has 2 aromatic carbocycles. The van der Waals surface area contributed by atoms with E-state index in [0.717, 1.165) is 17.6 Å². The van der Waals surface area contributed by atoms with Crippen LogP contribution in [0.25, 0.3) is 22.0 Å². The number of aromatic nitrogens is 1. The topological polar surface area (TPSA) is 74.9 Å². The Morgan fingerprint density at radius 2 is 1.97 bits per heavy atom. The molecule has 1 aliphatic carbocycles. The highest BCUT2D eigenvalue weighted by Gasteiger charge is 2.28. The SMILES string of the molecule is CCOC(=O)c1c(CSC2=CC=CC=CC2)n(C)c2cc(-c3cccc(O)c3)c(O)c(CN(C)C)c12. The third-order valence-corrected chi connectivity index (χ3v) is 7.24. The summed E-state index contributed by atoms with van der Waals surface area (Å²) in [6, 6.07) is 8.73. The largest absolute Gasteiger partial charge is 0.508 e. The van der Waals surface area contributed by atoms with Gasteiger partial charge in [0.15, 0.2) is 0 Å². The van der Waals surface area contributed by atoms with Crippen LogP contribution in [0.1, 0.15) is 35.0 Å². The molecule has 7 heteroatoms. The maximum absolute atomic E-state index is 13.3. The van der Waals surface area contributed by atoms with Gasteiger partial charge in [-0.1, -0.05) is 42.5 Å². The van der Waals surface area contributed by atoms with Gasteiger partial charge in [0.25, 0.3) is 0 Å². The molecule has 3 aromatic rings. The second-order valence-corrected chi connectivity index (χ2v) is 10.1. The van der Waals surface area contributed by atoms with Crippen LogP contribution in [-0.2, 0) is 24.1 Å². The molecule has 0 aliphatic heterocycles. The molecule has 1 aromatic heterocycles. The molecule has 0 amide bonds. The maximum Gasteiger partial charge on any atom is 0.340 e. The standard InChI is InChI=1S/C29H32N2O4S/c1-5-35-29(34)27-25(18-36-21-13-8-6-7-9-14-21)31(4)24-16-22(19-11-10-12-20(32)15-19)28(33)23(26(24)27)17-30(2)3/h6-13,15-16,32-33H,5,14,17-18H2,1-4H3. The van der Waals surface area contributed by atoms with Gasteiger partial charge in [-0.2, -0.15) is 0 Å². The molecule has 6 nitrogen and oxygen atoms in total. The van der Waals surface area contributed by atoms with Crippen molar-refractivity contribution in [1.29, 1.82) is 0 Å². The lowest BCUT2D eigenvalue weighted by Crippen LogP contribution is -2.13. The molecule has 1 aliphatic rings. The number of hydrogen-bond donors (Lipinski definition) is 2. The minimum Gasteiger partial charge on any atom is -0.508 e. The van der Waals surface area contributed by atoms with E-state index in [2.05, 4.69) is 12.2 Å². The first-order valence-electron chi connectivity index (χ1n) is 11.9. The van der Waals surface area contributed by atoms with Crippen molar-refractivity contribution in [3.05, 3.63) is 82.4 Å². The van der Waals surface area contributed by atoms with Gasteiger partial charge in [0.2, 0.25) is 0 Å². The molecule has 36 heavy (non-hydrogen) atoms. The van der Waals surface area contributed by atoms with Gasteiger partial charge in [-0.15, -0.1) is 11.8 Å². The van der Waals surface area contributed by atoms with Crippen LogP contribution < -0.4 is 0 Å². The second kappa shape index (κ2) is 11.1. The Labute approximate surface area is 216 Å². The Bertz CT molecular complexity index is 1380.